The molecule has 1 N–H and O–H groups in total. The first kappa shape index (κ1) is 13.3. The van der Waals surface area contributed by atoms with Gasteiger partial charge in [0.05, 0.1) is 6.61 Å². The predicted molar refractivity (Wildman–Crippen MR) is 62.2 cm³/mol. The zero-order valence-electron chi connectivity index (χ0n) is 10.3. The second-order valence-corrected chi connectivity index (χ2v) is 4.83. The van der Waals surface area contributed by atoms with Crippen LogP contribution < -0.4 is 0 Å². The van der Waals surface area contributed by atoms with Crippen LogP contribution in [0.2, 0.25) is 0 Å². The van der Waals surface area contributed by atoms with Gasteiger partial charge in [-0.05, 0) is 31.6 Å². The molecule has 94 valence electrons. The van der Waals surface area contributed by atoms with E-state index >= 15 is 0 Å². The van der Waals surface area contributed by atoms with Gasteiger partial charge in [-0.15, -0.1) is 0 Å². The number of amides is 1. The standard InChI is InChI=1S/C12H23NO3/c1-10(2)9-16-12(15)13-7-4-3-5-11(13)6-8-14/h10-11,14H,3-9H2,1-2H3. The summed E-state index contributed by atoms with van der Waals surface area (Å²) in [6, 6.07) is 0.165. The third kappa shape index (κ3) is 4.00. The summed E-state index contributed by atoms with van der Waals surface area (Å²) in [6.07, 6.45) is 3.61. The van der Waals surface area contributed by atoms with Gasteiger partial charge in [-0.3, -0.25) is 0 Å². The lowest BCUT2D eigenvalue weighted by atomic mass is 10.0. The van der Waals surface area contributed by atoms with Crippen LogP contribution in [-0.4, -0.2) is 41.9 Å². The molecular formula is C12H23NO3. The van der Waals surface area contributed by atoms with Gasteiger partial charge < -0.3 is 14.7 Å². The van der Waals surface area contributed by atoms with E-state index in [-0.39, 0.29) is 18.7 Å². The van der Waals surface area contributed by atoms with Gasteiger partial charge in [-0.2, -0.15) is 0 Å². The van der Waals surface area contributed by atoms with Crippen LogP contribution in [0.4, 0.5) is 4.79 Å². The van der Waals surface area contributed by atoms with Gasteiger partial charge in [-0.25, -0.2) is 4.79 Å². The minimum Gasteiger partial charge on any atom is -0.449 e. The van der Waals surface area contributed by atoms with Crippen molar-refractivity contribution in [2.45, 2.75) is 45.6 Å². The van der Waals surface area contributed by atoms with Crippen LogP contribution in [0.3, 0.4) is 0 Å². The van der Waals surface area contributed by atoms with Crippen molar-refractivity contribution < 1.29 is 14.6 Å². The maximum atomic E-state index is 11.8. The quantitative estimate of drug-likeness (QED) is 0.802. The first-order valence-corrected chi connectivity index (χ1v) is 6.19. The second-order valence-electron chi connectivity index (χ2n) is 4.83. The Balaban J connectivity index is 2.43. The molecule has 0 radical (unpaired) electrons. The number of rotatable bonds is 4. The molecule has 0 aromatic carbocycles. The van der Waals surface area contributed by atoms with Gasteiger partial charge in [0.15, 0.2) is 0 Å². The van der Waals surface area contributed by atoms with E-state index in [1.54, 1.807) is 4.90 Å². The molecule has 1 fully saturated rings. The highest BCUT2D eigenvalue weighted by Crippen LogP contribution is 2.20. The number of hydrogen-bond donors (Lipinski definition) is 1. The number of likely N-dealkylation sites (tertiary alicyclic amines) is 1. The van der Waals surface area contributed by atoms with Gasteiger partial charge in [0.2, 0.25) is 0 Å². The van der Waals surface area contributed by atoms with Crippen molar-refractivity contribution in [3.63, 3.8) is 0 Å². The first-order chi connectivity index (χ1) is 7.65. The number of nitrogens with zero attached hydrogens (tertiary/aromatic N) is 1. The molecule has 1 amide bonds. The van der Waals surface area contributed by atoms with Crippen LogP contribution in [-0.2, 0) is 4.74 Å². The molecule has 0 aromatic heterocycles. The molecule has 1 aliphatic heterocycles. The minimum absolute atomic E-state index is 0.138. The molecule has 4 heteroatoms. The van der Waals surface area contributed by atoms with E-state index in [1.165, 1.54) is 0 Å². The van der Waals surface area contributed by atoms with Crippen molar-refractivity contribution in [3.05, 3.63) is 0 Å². The van der Waals surface area contributed by atoms with Crippen molar-refractivity contribution >= 4 is 6.09 Å². The Morgan fingerprint density at radius 3 is 2.88 bits per heavy atom. The lowest BCUT2D eigenvalue weighted by Gasteiger charge is -2.34. The molecule has 0 bridgehead atoms. The molecule has 1 rings (SSSR count). The van der Waals surface area contributed by atoms with Crippen LogP contribution in [0.25, 0.3) is 0 Å². The van der Waals surface area contributed by atoms with E-state index in [2.05, 4.69) is 0 Å². The summed E-state index contributed by atoms with van der Waals surface area (Å²) >= 11 is 0. The third-order valence-corrected chi connectivity index (χ3v) is 2.86. The molecule has 4 nitrogen and oxygen atoms in total. The van der Waals surface area contributed by atoms with E-state index in [4.69, 9.17) is 9.84 Å². The number of hydrogen-bond acceptors (Lipinski definition) is 3. The molecule has 1 aliphatic rings. The van der Waals surface area contributed by atoms with Crippen LogP contribution in [0, 0.1) is 5.92 Å². The topological polar surface area (TPSA) is 49.8 Å². The van der Waals surface area contributed by atoms with Crippen LogP contribution >= 0.6 is 0 Å². The summed E-state index contributed by atoms with van der Waals surface area (Å²) < 4.78 is 5.22. The zero-order valence-corrected chi connectivity index (χ0v) is 10.3. The number of carbonyl (C=O) groups is 1. The molecule has 16 heavy (non-hydrogen) atoms. The Hall–Kier alpha value is -0.770. The fourth-order valence-corrected chi connectivity index (χ4v) is 2.01. The van der Waals surface area contributed by atoms with E-state index in [0.717, 1.165) is 25.8 Å². The summed E-state index contributed by atoms with van der Waals surface area (Å²) in [7, 11) is 0. The van der Waals surface area contributed by atoms with Gasteiger partial charge >= 0.3 is 6.09 Å². The van der Waals surface area contributed by atoms with E-state index in [9.17, 15) is 4.79 Å². The summed E-state index contributed by atoms with van der Waals surface area (Å²) in [5, 5.41) is 8.96. The minimum atomic E-state index is -0.216. The summed E-state index contributed by atoms with van der Waals surface area (Å²) in [6.45, 7) is 5.42. The molecule has 0 spiro atoms. The number of aliphatic hydroxyl groups excluding tert-OH is 1. The molecule has 1 atom stereocenters. The van der Waals surface area contributed by atoms with Crippen molar-refractivity contribution in [2.24, 2.45) is 5.92 Å². The van der Waals surface area contributed by atoms with Crippen molar-refractivity contribution in [3.8, 4) is 0 Å². The van der Waals surface area contributed by atoms with Crippen LogP contribution in [0.1, 0.15) is 39.5 Å². The van der Waals surface area contributed by atoms with Gasteiger partial charge in [0.1, 0.15) is 0 Å². The number of aliphatic hydroxyl groups is 1. The maximum absolute atomic E-state index is 11.8. The van der Waals surface area contributed by atoms with E-state index in [0.29, 0.717) is 18.9 Å². The zero-order chi connectivity index (χ0) is 12.0. The Labute approximate surface area is 97.6 Å². The molecular weight excluding hydrogens is 206 g/mol. The van der Waals surface area contributed by atoms with E-state index in [1.807, 2.05) is 13.8 Å². The highest BCUT2D eigenvalue weighted by atomic mass is 16.6. The SMILES string of the molecule is CC(C)COC(=O)N1CCCCC1CCO. The Bertz CT molecular complexity index is 216. The second kappa shape index (κ2) is 6.74. The van der Waals surface area contributed by atoms with Gasteiger partial charge in [0, 0.05) is 19.2 Å². The largest absolute Gasteiger partial charge is 0.449 e. The summed E-state index contributed by atoms with van der Waals surface area (Å²) in [4.78, 5) is 13.6. The molecule has 1 saturated heterocycles. The van der Waals surface area contributed by atoms with Gasteiger partial charge in [0.25, 0.3) is 0 Å². The van der Waals surface area contributed by atoms with E-state index < -0.39 is 0 Å². The normalized spacial score (nSPS) is 21.2. The fraction of sp³-hybridized carbons (Fsp3) is 0.917. The predicted octanol–water partition coefficient (Wildman–Crippen LogP) is 2.02. The summed E-state index contributed by atoms with van der Waals surface area (Å²) in [5.74, 6) is 0.366. The highest BCUT2D eigenvalue weighted by molar-refractivity contribution is 5.68. The average molecular weight is 229 g/mol. The molecule has 1 unspecified atom stereocenters. The van der Waals surface area contributed by atoms with Crippen molar-refractivity contribution in [2.75, 3.05) is 19.8 Å². The average Bonchev–Trinajstić information content (AvgIpc) is 2.27. The van der Waals surface area contributed by atoms with Gasteiger partial charge in [-0.1, -0.05) is 13.8 Å². The molecule has 0 saturated carbocycles. The monoisotopic (exact) mass is 229 g/mol. The van der Waals surface area contributed by atoms with Crippen LogP contribution in [0.15, 0.2) is 0 Å². The Morgan fingerprint density at radius 2 is 2.25 bits per heavy atom. The Kier molecular flexibility index (Phi) is 5.60. The number of piperidine rings is 1. The molecule has 0 aliphatic carbocycles. The summed E-state index contributed by atoms with van der Waals surface area (Å²) in [5.41, 5.74) is 0. The van der Waals surface area contributed by atoms with Crippen molar-refractivity contribution in [1.82, 2.24) is 4.90 Å². The Morgan fingerprint density at radius 1 is 1.50 bits per heavy atom. The molecule has 1 heterocycles. The first-order valence-electron chi connectivity index (χ1n) is 6.19. The van der Waals surface area contributed by atoms with Crippen molar-refractivity contribution in [1.29, 1.82) is 0 Å². The lowest BCUT2D eigenvalue weighted by Crippen LogP contribution is -2.44. The third-order valence-electron chi connectivity index (χ3n) is 2.86. The lowest BCUT2D eigenvalue weighted by molar-refractivity contribution is 0.0589. The van der Waals surface area contributed by atoms with Crippen LogP contribution in [0.5, 0.6) is 0 Å². The number of carbonyl (C=O) groups excluding carboxylic acids is 1. The number of ether oxygens (including phenoxy) is 1. The highest BCUT2D eigenvalue weighted by Gasteiger charge is 2.27. The molecule has 0 aromatic rings. The maximum Gasteiger partial charge on any atom is 0.410 e. The fourth-order valence-electron chi connectivity index (χ4n) is 2.01. The smallest absolute Gasteiger partial charge is 0.410 e.